The van der Waals surface area contributed by atoms with E-state index >= 15 is 0 Å². The molecule has 0 aliphatic heterocycles. The van der Waals surface area contributed by atoms with Crippen molar-refractivity contribution in [1.29, 1.82) is 0 Å². The number of benzene rings is 1. The van der Waals surface area contributed by atoms with Crippen LogP contribution in [0.25, 0.3) is 10.2 Å². The lowest BCUT2D eigenvalue weighted by Crippen LogP contribution is -2.16. The van der Waals surface area contributed by atoms with E-state index in [0.717, 1.165) is 10.2 Å². The maximum absolute atomic E-state index is 12.1. The van der Waals surface area contributed by atoms with Crippen molar-refractivity contribution in [2.75, 3.05) is 10.7 Å². The summed E-state index contributed by atoms with van der Waals surface area (Å²) in [6.07, 6.45) is 2.76. The topological polar surface area (TPSA) is 106 Å². The Kier molecular flexibility index (Phi) is 3.65. The number of thiazole rings is 1. The molecule has 0 unspecified atom stereocenters. The second kappa shape index (κ2) is 5.60. The molecule has 0 saturated carbocycles. The third-order valence-corrected chi connectivity index (χ3v) is 3.75. The van der Waals surface area contributed by atoms with Gasteiger partial charge < -0.3 is 5.43 Å². The van der Waals surface area contributed by atoms with Crippen LogP contribution in [0.1, 0.15) is 10.5 Å². The van der Waals surface area contributed by atoms with Gasteiger partial charge in [-0.15, -0.1) is 0 Å². The maximum atomic E-state index is 12.1. The lowest BCUT2D eigenvalue weighted by atomic mass is 10.3. The summed E-state index contributed by atoms with van der Waals surface area (Å²) in [7, 11) is 0. The third kappa shape index (κ3) is 2.92. The van der Waals surface area contributed by atoms with E-state index in [0.29, 0.717) is 16.0 Å². The number of carbonyl (C=O) groups is 1. The van der Waals surface area contributed by atoms with E-state index in [1.807, 2.05) is 0 Å². The Bertz CT molecular complexity index is 820. The zero-order chi connectivity index (χ0) is 14.8. The van der Waals surface area contributed by atoms with E-state index in [9.17, 15) is 4.79 Å². The van der Waals surface area contributed by atoms with E-state index < -0.39 is 5.91 Å². The molecule has 1 amide bonds. The van der Waals surface area contributed by atoms with Crippen LogP contribution in [0.15, 0.2) is 30.6 Å². The number of hydrogen-bond donors (Lipinski definition) is 3. The minimum absolute atomic E-state index is 0.141. The molecule has 21 heavy (non-hydrogen) atoms. The monoisotopic (exact) mass is 320 g/mol. The summed E-state index contributed by atoms with van der Waals surface area (Å²) >= 11 is 7.25. The van der Waals surface area contributed by atoms with Crippen molar-refractivity contribution < 1.29 is 4.79 Å². The van der Waals surface area contributed by atoms with Gasteiger partial charge in [-0.1, -0.05) is 22.9 Å². The molecule has 9 heteroatoms. The number of rotatable bonds is 3. The molecule has 106 valence electrons. The molecular formula is C12H9ClN6OS. The van der Waals surface area contributed by atoms with Gasteiger partial charge in [0.25, 0.3) is 5.91 Å². The van der Waals surface area contributed by atoms with Crippen LogP contribution in [0, 0.1) is 0 Å². The van der Waals surface area contributed by atoms with Crippen molar-refractivity contribution >= 4 is 50.0 Å². The minimum atomic E-state index is -0.412. The molecule has 7 nitrogen and oxygen atoms in total. The maximum Gasteiger partial charge on any atom is 0.277 e. The van der Waals surface area contributed by atoms with Gasteiger partial charge in [0.15, 0.2) is 10.9 Å². The van der Waals surface area contributed by atoms with Crippen LogP contribution in [-0.2, 0) is 0 Å². The summed E-state index contributed by atoms with van der Waals surface area (Å²) in [6, 6.07) is 5.34. The number of nitrogen functional groups attached to an aromatic ring is 1. The predicted molar refractivity (Wildman–Crippen MR) is 82.4 cm³/mol. The van der Waals surface area contributed by atoms with Crippen LogP contribution < -0.4 is 16.6 Å². The van der Waals surface area contributed by atoms with Gasteiger partial charge in [-0.3, -0.25) is 15.1 Å². The van der Waals surface area contributed by atoms with Crippen molar-refractivity contribution in [2.45, 2.75) is 0 Å². The van der Waals surface area contributed by atoms with E-state index in [1.54, 1.807) is 18.2 Å². The normalized spacial score (nSPS) is 10.6. The first-order valence-electron chi connectivity index (χ1n) is 5.82. The lowest BCUT2D eigenvalue weighted by molar-refractivity contribution is 0.102. The number of amides is 1. The summed E-state index contributed by atoms with van der Waals surface area (Å²) in [5.74, 6) is 5.12. The summed E-state index contributed by atoms with van der Waals surface area (Å²) < 4.78 is 0.890. The van der Waals surface area contributed by atoms with Gasteiger partial charge in [0.2, 0.25) is 0 Å². The number of aromatic nitrogens is 3. The average Bonchev–Trinajstić information content (AvgIpc) is 2.88. The van der Waals surface area contributed by atoms with E-state index in [1.165, 1.54) is 23.7 Å². The zero-order valence-corrected chi connectivity index (χ0v) is 12.1. The number of halogens is 1. The Hall–Kier alpha value is -2.29. The number of nitrogens with zero attached hydrogens (tertiary/aromatic N) is 3. The average molecular weight is 321 g/mol. The number of nitrogens with two attached hydrogens (primary N) is 1. The molecule has 0 atom stereocenters. The largest absolute Gasteiger partial charge is 0.307 e. The molecule has 0 saturated heterocycles. The van der Waals surface area contributed by atoms with Crippen LogP contribution in [0.3, 0.4) is 0 Å². The molecular weight excluding hydrogens is 312 g/mol. The first kappa shape index (κ1) is 13.7. The lowest BCUT2D eigenvalue weighted by Gasteiger charge is -2.02. The first-order chi connectivity index (χ1) is 10.2. The molecule has 3 rings (SSSR count). The van der Waals surface area contributed by atoms with Crippen molar-refractivity contribution in [3.05, 3.63) is 41.3 Å². The van der Waals surface area contributed by atoms with Gasteiger partial charge in [0.1, 0.15) is 5.69 Å². The van der Waals surface area contributed by atoms with Crippen LogP contribution >= 0.6 is 22.9 Å². The molecule has 2 heterocycles. The Morgan fingerprint density at radius 1 is 1.29 bits per heavy atom. The van der Waals surface area contributed by atoms with Gasteiger partial charge in [-0.2, -0.15) is 0 Å². The molecule has 2 aromatic heterocycles. The Labute approximate surface area is 128 Å². The molecule has 0 aliphatic carbocycles. The third-order valence-electron chi connectivity index (χ3n) is 2.59. The molecule has 0 spiro atoms. The molecule has 4 N–H and O–H groups in total. The van der Waals surface area contributed by atoms with Crippen LogP contribution in [0.2, 0.25) is 5.02 Å². The quantitative estimate of drug-likeness (QED) is 0.505. The van der Waals surface area contributed by atoms with E-state index in [-0.39, 0.29) is 5.69 Å². The standard InChI is InChI=1S/C12H9ClN6OS/c13-6-1-2-7-9(3-6)21-12(17-7)18-11(20)8-4-15-5-10(16-8)19-14/h1-5H,14H2,(H,16,19)(H,17,18,20). The molecule has 0 radical (unpaired) electrons. The Morgan fingerprint density at radius 2 is 2.14 bits per heavy atom. The predicted octanol–water partition coefficient (Wildman–Crippen LogP) is 2.28. The smallest absolute Gasteiger partial charge is 0.277 e. The number of hydrogen-bond acceptors (Lipinski definition) is 7. The highest BCUT2D eigenvalue weighted by Crippen LogP contribution is 2.28. The van der Waals surface area contributed by atoms with Crippen LogP contribution in [-0.4, -0.2) is 20.9 Å². The number of carbonyl (C=O) groups excluding carboxylic acids is 1. The number of fused-ring (bicyclic) bond motifs is 1. The van der Waals surface area contributed by atoms with Gasteiger partial charge >= 0.3 is 0 Å². The molecule has 0 bridgehead atoms. The van der Waals surface area contributed by atoms with Gasteiger partial charge in [0.05, 0.1) is 22.6 Å². The van der Waals surface area contributed by atoms with Gasteiger partial charge in [0, 0.05) is 5.02 Å². The van der Waals surface area contributed by atoms with Gasteiger partial charge in [-0.05, 0) is 18.2 Å². The fraction of sp³-hybridized carbons (Fsp3) is 0. The van der Waals surface area contributed by atoms with E-state index in [2.05, 4.69) is 25.7 Å². The number of nitrogens with one attached hydrogen (secondary N) is 2. The molecule has 3 aromatic rings. The Morgan fingerprint density at radius 3 is 2.95 bits per heavy atom. The highest BCUT2D eigenvalue weighted by atomic mass is 35.5. The first-order valence-corrected chi connectivity index (χ1v) is 7.01. The SMILES string of the molecule is NNc1cncc(C(=O)Nc2nc3ccc(Cl)cc3s2)n1. The summed E-state index contributed by atoms with van der Waals surface area (Å²) in [6.45, 7) is 0. The summed E-state index contributed by atoms with van der Waals surface area (Å²) in [5, 5.41) is 3.76. The number of hydrazine groups is 1. The second-order valence-corrected chi connectivity index (χ2v) is 5.49. The fourth-order valence-electron chi connectivity index (χ4n) is 1.66. The Balaban J connectivity index is 1.85. The highest BCUT2D eigenvalue weighted by molar-refractivity contribution is 7.22. The number of anilines is 2. The minimum Gasteiger partial charge on any atom is -0.307 e. The van der Waals surface area contributed by atoms with Crippen LogP contribution in [0.5, 0.6) is 0 Å². The fourth-order valence-corrected chi connectivity index (χ4v) is 2.79. The van der Waals surface area contributed by atoms with Gasteiger partial charge in [-0.25, -0.2) is 15.8 Å². The molecule has 0 fully saturated rings. The van der Waals surface area contributed by atoms with E-state index in [4.69, 9.17) is 17.4 Å². The summed E-state index contributed by atoms with van der Waals surface area (Å²) in [4.78, 5) is 24.3. The molecule has 1 aromatic carbocycles. The van der Waals surface area contributed by atoms with Crippen LogP contribution in [0.4, 0.5) is 10.9 Å². The van der Waals surface area contributed by atoms with Crippen molar-refractivity contribution in [3.63, 3.8) is 0 Å². The van der Waals surface area contributed by atoms with Crippen molar-refractivity contribution in [3.8, 4) is 0 Å². The van der Waals surface area contributed by atoms with Crippen molar-refractivity contribution in [1.82, 2.24) is 15.0 Å². The van der Waals surface area contributed by atoms with Crippen molar-refractivity contribution in [2.24, 2.45) is 5.84 Å². The summed E-state index contributed by atoms with van der Waals surface area (Å²) in [5.41, 5.74) is 3.24. The zero-order valence-electron chi connectivity index (χ0n) is 10.5. The highest BCUT2D eigenvalue weighted by Gasteiger charge is 2.12. The molecule has 0 aliphatic rings. The second-order valence-electron chi connectivity index (χ2n) is 4.02.